The molecule has 3 atom stereocenters. The van der Waals surface area contributed by atoms with Crippen molar-refractivity contribution in [2.24, 2.45) is 0 Å². The molecule has 1 fully saturated rings. The second-order valence-corrected chi connectivity index (χ2v) is 5.53. The van der Waals surface area contributed by atoms with Crippen molar-refractivity contribution in [3.63, 3.8) is 0 Å². The van der Waals surface area contributed by atoms with Gasteiger partial charge in [0.25, 0.3) is 0 Å². The van der Waals surface area contributed by atoms with Gasteiger partial charge in [-0.05, 0) is 20.3 Å². The van der Waals surface area contributed by atoms with Gasteiger partial charge in [-0.3, -0.25) is 4.79 Å². The summed E-state index contributed by atoms with van der Waals surface area (Å²) in [4.78, 5) is 12.0. The molecule has 0 saturated carbocycles. The molecule has 18 heavy (non-hydrogen) atoms. The number of rotatable bonds is 7. The van der Waals surface area contributed by atoms with Crippen molar-refractivity contribution >= 4 is 5.91 Å². The SMILES string of the molecule is CCCCCCC(C)NC(=O)C1CNC(C)CN1. The quantitative estimate of drug-likeness (QED) is 0.603. The van der Waals surface area contributed by atoms with Gasteiger partial charge in [0.05, 0.1) is 6.04 Å². The third kappa shape index (κ3) is 5.83. The van der Waals surface area contributed by atoms with E-state index in [1.165, 1.54) is 25.7 Å². The molecule has 1 rings (SSSR count). The number of carbonyl (C=O) groups excluding carboxylic acids is 1. The zero-order valence-corrected chi connectivity index (χ0v) is 12.1. The Hall–Kier alpha value is -0.610. The van der Waals surface area contributed by atoms with Crippen molar-refractivity contribution in [3.8, 4) is 0 Å². The van der Waals surface area contributed by atoms with Gasteiger partial charge in [0, 0.05) is 25.2 Å². The minimum Gasteiger partial charge on any atom is -0.352 e. The third-order valence-electron chi connectivity index (χ3n) is 3.54. The predicted molar refractivity (Wildman–Crippen MR) is 75.6 cm³/mol. The van der Waals surface area contributed by atoms with Gasteiger partial charge in [0.2, 0.25) is 5.91 Å². The van der Waals surface area contributed by atoms with E-state index in [0.717, 1.165) is 19.5 Å². The van der Waals surface area contributed by atoms with Gasteiger partial charge in [-0.2, -0.15) is 0 Å². The second-order valence-electron chi connectivity index (χ2n) is 5.53. The van der Waals surface area contributed by atoms with Crippen molar-refractivity contribution in [1.82, 2.24) is 16.0 Å². The summed E-state index contributed by atoms with van der Waals surface area (Å²) in [5.74, 6) is 0.136. The van der Waals surface area contributed by atoms with Crippen molar-refractivity contribution in [2.45, 2.75) is 71.0 Å². The van der Waals surface area contributed by atoms with Gasteiger partial charge in [-0.25, -0.2) is 0 Å². The Morgan fingerprint density at radius 1 is 1.28 bits per heavy atom. The first-order chi connectivity index (χ1) is 8.63. The Bertz CT molecular complexity index is 237. The molecule has 1 heterocycles. The molecule has 106 valence electrons. The van der Waals surface area contributed by atoms with E-state index in [1.54, 1.807) is 0 Å². The maximum absolute atomic E-state index is 12.0. The fourth-order valence-corrected chi connectivity index (χ4v) is 2.26. The summed E-state index contributed by atoms with van der Waals surface area (Å²) in [6.45, 7) is 8.03. The van der Waals surface area contributed by atoms with Gasteiger partial charge in [-0.15, -0.1) is 0 Å². The van der Waals surface area contributed by atoms with Crippen LogP contribution in [0.1, 0.15) is 52.9 Å². The predicted octanol–water partition coefficient (Wildman–Crippen LogP) is 1.41. The average Bonchev–Trinajstić information content (AvgIpc) is 2.35. The van der Waals surface area contributed by atoms with E-state index in [0.29, 0.717) is 6.04 Å². The second kappa shape index (κ2) is 8.48. The summed E-state index contributed by atoms with van der Waals surface area (Å²) in [6, 6.07) is 0.676. The molecule has 0 aromatic rings. The van der Waals surface area contributed by atoms with Crippen LogP contribution >= 0.6 is 0 Å². The largest absolute Gasteiger partial charge is 0.352 e. The fourth-order valence-electron chi connectivity index (χ4n) is 2.26. The monoisotopic (exact) mass is 255 g/mol. The highest BCUT2D eigenvalue weighted by atomic mass is 16.2. The van der Waals surface area contributed by atoms with E-state index in [9.17, 15) is 4.79 Å². The minimum atomic E-state index is -0.0701. The van der Waals surface area contributed by atoms with E-state index in [4.69, 9.17) is 0 Å². The molecule has 3 unspecified atom stereocenters. The summed E-state index contributed by atoms with van der Waals surface area (Å²) in [5, 5.41) is 9.70. The molecule has 1 aliphatic heterocycles. The maximum atomic E-state index is 12.0. The summed E-state index contributed by atoms with van der Waals surface area (Å²) >= 11 is 0. The first-order valence-corrected chi connectivity index (χ1v) is 7.40. The molecule has 0 aromatic heterocycles. The summed E-state index contributed by atoms with van der Waals surface area (Å²) < 4.78 is 0. The highest BCUT2D eigenvalue weighted by molar-refractivity contribution is 5.82. The van der Waals surface area contributed by atoms with E-state index in [-0.39, 0.29) is 18.0 Å². The summed E-state index contributed by atoms with van der Waals surface area (Å²) in [7, 11) is 0. The summed E-state index contributed by atoms with van der Waals surface area (Å²) in [6.07, 6.45) is 6.13. The zero-order chi connectivity index (χ0) is 13.4. The number of hydrogen-bond acceptors (Lipinski definition) is 3. The van der Waals surface area contributed by atoms with Crippen molar-refractivity contribution in [1.29, 1.82) is 0 Å². The molecule has 0 aliphatic carbocycles. The van der Waals surface area contributed by atoms with Crippen LogP contribution in [0.2, 0.25) is 0 Å². The number of unbranched alkanes of at least 4 members (excludes halogenated alkanes) is 3. The van der Waals surface area contributed by atoms with E-state index < -0.39 is 0 Å². The Kier molecular flexibility index (Phi) is 7.28. The lowest BCUT2D eigenvalue weighted by Gasteiger charge is -2.29. The highest BCUT2D eigenvalue weighted by Crippen LogP contribution is 2.05. The molecular weight excluding hydrogens is 226 g/mol. The molecule has 1 aliphatic rings. The van der Waals surface area contributed by atoms with Crippen LogP contribution in [0.25, 0.3) is 0 Å². The Morgan fingerprint density at radius 3 is 2.67 bits per heavy atom. The molecule has 1 amide bonds. The Balaban J connectivity index is 2.14. The topological polar surface area (TPSA) is 53.2 Å². The van der Waals surface area contributed by atoms with Crippen LogP contribution in [0, 0.1) is 0 Å². The van der Waals surface area contributed by atoms with E-state index in [1.807, 2.05) is 0 Å². The lowest BCUT2D eigenvalue weighted by molar-refractivity contribution is -0.124. The van der Waals surface area contributed by atoms with Crippen LogP contribution in [-0.4, -0.2) is 37.1 Å². The van der Waals surface area contributed by atoms with Gasteiger partial charge in [0.1, 0.15) is 0 Å². The Morgan fingerprint density at radius 2 is 2.06 bits per heavy atom. The molecule has 3 N–H and O–H groups in total. The third-order valence-corrected chi connectivity index (χ3v) is 3.54. The van der Waals surface area contributed by atoms with Crippen LogP contribution < -0.4 is 16.0 Å². The van der Waals surface area contributed by atoms with Gasteiger partial charge >= 0.3 is 0 Å². The van der Waals surface area contributed by atoms with Crippen molar-refractivity contribution in [3.05, 3.63) is 0 Å². The molecule has 0 bridgehead atoms. The number of piperazine rings is 1. The van der Waals surface area contributed by atoms with Crippen molar-refractivity contribution in [2.75, 3.05) is 13.1 Å². The van der Waals surface area contributed by atoms with Crippen molar-refractivity contribution < 1.29 is 4.79 Å². The van der Waals surface area contributed by atoms with Gasteiger partial charge in [0.15, 0.2) is 0 Å². The average molecular weight is 255 g/mol. The summed E-state index contributed by atoms with van der Waals surface area (Å²) in [5.41, 5.74) is 0. The fraction of sp³-hybridized carbons (Fsp3) is 0.929. The highest BCUT2D eigenvalue weighted by Gasteiger charge is 2.23. The molecule has 0 radical (unpaired) electrons. The first kappa shape index (κ1) is 15.4. The molecule has 0 spiro atoms. The lowest BCUT2D eigenvalue weighted by Crippen LogP contribution is -2.59. The van der Waals surface area contributed by atoms with Gasteiger partial charge in [-0.1, -0.05) is 32.6 Å². The number of hydrogen-bond donors (Lipinski definition) is 3. The standard InChI is InChI=1S/C14H29N3O/c1-4-5-6-7-8-11(2)17-14(18)13-10-15-12(3)9-16-13/h11-13,15-16H,4-10H2,1-3H3,(H,17,18). The molecule has 0 aromatic carbocycles. The lowest BCUT2D eigenvalue weighted by atomic mass is 10.1. The van der Waals surface area contributed by atoms with Crippen LogP contribution in [-0.2, 0) is 4.79 Å². The number of amides is 1. The molecule has 4 nitrogen and oxygen atoms in total. The van der Waals surface area contributed by atoms with Crippen LogP contribution in [0.3, 0.4) is 0 Å². The first-order valence-electron chi connectivity index (χ1n) is 7.40. The molecule has 1 saturated heterocycles. The number of nitrogens with one attached hydrogen (secondary N) is 3. The molecular formula is C14H29N3O. The smallest absolute Gasteiger partial charge is 0.238 e. The normalized spacial score (nSPS) is 25.7. The van der Waals surface area contributed by atoms with Gasteiger partial charge < -0.3 is 16.0 Å². The van der Waals surface area contributed by atoms with E-state index in [2.05, 4.69) is 36.7 Å². The molecule has 4 heteroatoms. The number of carbonyl (C=O) groups is 1. The maximum Gasteiger partial charge on any atom is 0.238 e. The Labute approximate surface area is 111 Å². The van der Waals surface area contributed by atoms with Crippen LogP contribution in [0.15, 0.2) is 0 Å². The van der Waals surface area contributed by atoms with E-state index >= 15 is 0 Å². The zero-order valence-electron chi connectivity index (χ0n) is 12.1. The minimum absolute atomic E-state index is 0.0701. The van der Waals surface area contributed by atoms with Crippen LogP contribution in [0.4, 0.5) is 0 Å². The van der Waals surface area contributed by atoms with Crippen LogP contribution in [0.5, 0.6) is 0 Å².